The molecule has 0 radical (unpaired) electrons. The van der Waals surface area contributed by atoms with Crippen molar-refractivity contribution in [2.24, 2.45) is 18.4 Å². The summed E-state index contributed by atoms with van der Waals surface area (Å²) < 4.78 is 7.82. The summed E-state index contributed by atoms with van der Waals surface area (Å²) in [5.74, 6) is 0.856. The summed E-state index contributed by atoms with van der Waals surface area (Å²) in [5, 5.41) is 4.24. The zero-order valence-corrected chi connectivity index (χ0v) is 15.1. The van der Waals surface area contributed by atoms with E-state index in [1.54, 1.807) is 0 Å². The van der Waals surface area contributed by atoms with Crippen LogP contribution < -0.4 is 0 Å². The molecule has 3 aliphatic rings. The van der Waals surface area contributed by atoms with Gasteiger partial charge in [0, 0.05) is 44.3 Å². The van der Waals surface area contributed by atoms with E-state index < -0.39 is 0 Å². The molecule has 1 aromatic rings. The molecule has 0 aliphatic heterocycles. The number of aryl methyl sites for hydroxylation is 1. The van der Waals surface area contributed by atoms with Crippen molar-refractivity contribution in [2.75, 3.05) is 13.7 Å². The summed E-state index contributed by atoms with van der Waals surface area (Å²) in [5.41, 5.74) is 1.44. The van der Waals surface area contributed by atoms with E-state index in [1.165, 1.54) is 31.2 Å². The zero-order chi connectivity index (χ0) is 16.9. The molecule has 1 spiro atoms. The van der Waals surface area contributed by atoms with Crippen LogP contribution in [0.15, 0.2) is 12.4 Å². The van der Waals surface area contributed by atoms with Gasteiger partial charge in [0.15, 0.2) is 0 Å². The molecule has 0 bridgehead atoms. The van der Waals surface area contributed by atoms with Gasteiger partial charge in [-0.3, -0.25) is 9.48 Å². The number of aromatic nitrogens is 2. The van der Waals surface area contributed by atoms with Crippen molar-refractivity contribution >= 4 is 5.91 Å². The van der Waals surface area contributed by atoms with Crippen molar-refractivity contribution in [1.82, 2.24) is 14.7 Å². The van der Waals surface area contributed by atoms with Crippen LogP contribution in [0.5, 0.6) is 0 Å². The first-order valence-corrected chi connectivity index (χ1v) is 9.43. The van der Waals surface area contributed by atoms with E-state index in [9.17, 15) is 4.79 Å². The van der Waals surface area contributed by atoms with Crippen LogP contribution >= 0.6 is 0 Å². The standard InChI is InChI=1S/C19H29N3O2/c1-4-24-17-10-16(19(17)7-5-6-8-19)22(3)18(23)15-9-14(15)13-11-20-21(2)12-13/h11-12,14-17H,4-10H2,1-3H3/t14-,15-,16-,17+/m0/s1. The first-order valence-electron chi connectivity index (χ1n) is 9.43. The summed E-state index contributed by atoms with van der Waals surface area (Å²) in [7, 11) is 3.95. The fourth-order valence-electron chi connectivity index (χ4n) is 5.28. The van der Waals surface area contributed by atoms with Gasteiger partial charge >= 0.3 is 0 Å². The molecule has 0 N–H and O–H groups in total. The average Bonchev–Trinajstić information content (AvgIpc) is 2.97. The minimum absolute atomic E-state index is 0.156. The van der Waals surface area contributed by atoms with E-state index in [2.05, 4.69) is 16.9 Å². The predicted molar refractivity (Wildman–Crippen MR) is 91.5 cm³/mol. The second kappa shape index (κ2) is 5.87. The normalized spacial score (nSPS) is 33.5. The van der Waals surface area contributed by atoms with E-state index in [-0.39, 0.29) is 11.3 Å². The largest absolute Gasteiger partial charge is 0.378 e. The lowest BCUT2D eigenvalue weighted by atomic mass is 9.60. The maximum absolute atomic E-state index is 13.0. The molecule has 1 amide bonds. The quantitative estimate of drug-likeness (QED) is 0.833. The van der Waals surface area contributed by atoms with Crippen LogP contribution in [0.1, 0.15) is 56.9 Å². The Hall–Kier alpha value is -1.36. The number of hydrogen-bond donors (Lipinski definition) is 0. The highest BCUT2D eigenvalue weighted by molar-refractivity contribution is 5.83. The second-order valence-electron chi connectivity index (χ2n) is 7.98. The molecule has 4 rings (SSSR count). The van der Waals surface area contributed by atoms with Crippen molar-refractivity contribution in [3.8, 4) is 0 Å². The van der Waals surface area contributed by atoms with Crippen LogP contribution in [0.3, 0.4) is 0 Å². The topological polar surface area (TPSA) is 47.4 Å². The fourth-order valence-corrected chi connectivity index (χ4v) is 5.28. The Labute approximate surface area is 144 Å². The molecule has 1 aromatic heterocycles. The van der Waals surface area contributed by atoms with Crippen LogP contribution in [-0.4, -0.2) is 46.4 Å². The van der Waals surface area contributed by atoms with E-state index in [0.717, 1.165) is 19.4 Å². The van der Waals surface area contributed by atoms with Gasteiger partial charge in [-0.25, -0.2) is 0 Å². The summed E-state index contributed by atoms with van der Waals surface area (Å²) in [6, 6.07) is 0.374. The van der Waals surface area contributed by atoms with E-state index in [4.69, 9.17) is 4.74 Å². The maximum atomic E-state index is 13.0. The first kappa shape index (κ1) is 16.1. The summed E-state index contributed by atoms with van der Waals surface area (Å²) in [4.78, 5) is 15.1. The lowest BCUT2D eigenvalue weighted by molar-refractivity contribution is -0.173. The SMILES string of the molecule is CCO[C@@H]1C[C@H](N(C)C(=O)[C@H]2C[C@H]2c2cnn(C)c2)C12CCCC2. The van der Waals surface area contributed by atoms with Gasteiger partial charge in [0.05, 0.1) is 12.3 Å². The second-order valence-corrected chi connectivity index (χ2v) is 7.98. The Morgan fingerprint density at radius 3 is 2.79 bits per heavy atom. The number of amides is 1. The average molecular weight is 331 g/mol. The highest BCUT2D eigenvalue weighted by Gasteiger charge is 2.60. The number of nitrogens with zero attached hydrogens (tertiary/aromatic N) is 3. The number of ether oxygens (including phenoxy) is 1. The zero-order valence-electron chi connectivity index (χ0n) is 15.1. The molecular weight excluding hydrogens is 302 g/mol. The minimum Gasteiger partial charge on any atom is -0.378 e. The van der Waals surface area contributed by atoms with E-state index >= 15 is 0 Å². The predicted octanol–water partition coefficient (Wildman–Crippen LogP) is 2.72. The van der Waals surface area contributed by atoms with Crippen LogP contribution in [0, 0.1) is 11.3 Å². The van der Waals surface area contributed by atoms with Crippen molar-refractivity contribution in [3.63, 3.8) is 0 Å². The molecule has 1 heterocycles. The molecule has 0 unspecified atom stereocenters. The number of rotatable bonds is 5. The first-order chi connectivity index (χ1) is 11.6. The molecular formula is C19H29N3O2. The molecule has 5 heteroatoms. The lowest BCUT2D eigenvalue weighted by Gasteiger charge is -2.57. The van der Waals surface area contributed by atoms with E-state index in [1.807, 2.05) is 31.2 Å². The molecule has 0 saturated heterocycles. The monoisotopic (exact) mass is 331 g/mol. The van der Waals surface area contributed by atoms with Crippen molar-refractivity contribution in [1.29, 1.82) is 0 Å². The number of hydrogen-bond acceptors (Lipinski definition) is 3. The summed E-state index contributed by atoms with van der Waals surface area (Å²) in [6.07, 6.45) is 11.3. The number of carbonyl (C=O) groups excluding carboxylic acids is 1. The third-order valence-electron chi connectivity index (χ3n) is 6.72. The Balaban J connectivity index is 1.42. The summed E-state index contributed by atoms with van der Waals surface area (Å²) in [6.45, 7) is 2.86. The van der Waals surface area contributed by atoms with Gasteiger partial charge in [0.1, 0.15) is 0 Å². The van der Waals surface area contributed by atoms with Crippen molar-refractivity contribution < 1.29 is 9.53 Å². The molecule has 3 aliphatic carbocycles. The number of carbonyl (C=O) groups is 1. The summed E-state index contributed by atoms with van der Waals surface area (Å²) >= 11 is 0. The van der Waals surface area contributed by atoms with Gasteiger partial charge < -0.3 is 9.64 Å². The molecule has 132 valence electrons. The molecule has 3 saturated carbocycles. The van der Waals surface area contributed by atoms with Gasteiger partial charge in [0.25, 0.3) is 0 Å². The van der Waals surface area contributed by atoms with Gasteiger partial charge in [-0.05, 0) is 44.1 Å². The Bertz CT molecular complexity index is 620. The smallest absolute Gasteiger partial charge is 0.226 e. The Morgan fingerprint density at radius 2 is 2.17 bits per heavy atom. The van der Waals surface area contributed by atoms with Crippen LogP contribution in [0.4, 0.5) is 0 Å². The highest BCUT2D eigenvalue weighted by Crippen LogP contribution is 2.57. The van der Waals surface area contributed by atoms with E-state index in [0.29, 0.717) is 24.0 Å². The third-order valence-corrected chi connectivity index (χ3v) is 6.72. The molecule has 0 aromatic carbocycles. The molecule has 5 nitrogen and oxygen atoms in total. The van der Waals surface area contributed by atoms with Crippen LogP contribution in [-0.2, 0) is 16.6 Å². The maximum Gasteiger partial charge on any atom is 0.226 e. The lowest BCUT2D eigenvalue weighted by Crippen LogP contribution is -2.64. The van der Waals surface area contributed by atoms with Crippen molar-refractivity contribution in [3.05, 3.63) is 18.0 Å². The van der Waals surface area contributed by atoms with Gasteiger partial charge in [0.2, 0.25) is 5.91 Å². The fraction of sp³-hybridized carbons (Fsp3) is 0.789. The van der Waals surface area contributed by atoms with Crippen LogP contribution in [0.2, 0.25) is 0 Å². The van der Waals surface area contributed by atoms with Gasteiger partial charge in [-0.2, -0.15) is 5.10 Å². The molecule has 24 heavy (non-hydrogen) atoms. The molecule has 4 atom stereocenters. The van der Waals surface area contributed by atoms with Gasteiger partial charge in [-0.1, -0.05) is 12.8 Å². The highest BCUT2D eigenvalue weighted by atomic mass is 16.5. The minimum atomic E-state index is 0.156. The van der Waals surface area contributed by atoms with Gasteiger partial charge in [-0.15, -0.1) is 0 Å². The Kier molecular flexibility index (Phi) is 3.94. The molecule has 3 fully saturated rings. The van der Waals surface area contributed by atoms with Crippen LogP contribution in [0.25, 0.3) is 0 Å². The Morgan fingerprint density at radius 1 is 1.42 bits per heavy atom. The van der Waals surface area contributed by atoms with Crippen molar-refractivity contribution in [2.45, 2.75) is 63.5 Å². The third kappa shape index (κ3) is 2.40.